The van der Waals surface area contributed by atoms with E-state index < -0.39 is 0 Å². The maximum absolute atomic E-state index is 5.72. The molecule has 3 rings (SSSR count). The fraction of sp³-hybridized carbons (Fsp3) is 0.667. The topological polar surface area (TPSA) is 25.2 Å². The first-order valence-electron chi connectivity index (χ1n) is 5.78. The Morgan fingerprint density at radius 2 is 2.20 bits per heavy atom. The van der Waals surface area contributed by atoms with Crippen LogP contribution >= 0.6 is 15.9 Å². The Morgan fingerprint density at radius 1 is 1.40 bits per heavy atom. The van der Waals surface area contributed by atoms with E-state index in [0.29, 0.717) is 5.41 Å². The number of nitrogens with one attached hydrogen (secondary N) is 1. The van der Waals surface area contributed by atoms with Crippen LogP contribution < -0.4 is 5.32 Å². The largest absolute Gasteiger partial charge is 0.454 e. The highest BCUT2D eigenvalue weighted by atomic mass is 79.9. The van der Waals surface area contributed by atoms with Crippen molar-refractivity contribution in [2.24, 2.45) is 0 Å². The van der Waals surface area contributed by atoms with Gasteiger partial charge in [-0.05, 0) is 53.7 Å². The first kappa shape index (κ1) is 9.91. The molecule has 2 saturated carbocycles. The van der Waals surface area contributed by atoms with Gasteiger partial charge in [-0.3, -0.25) is 0 Å². The molecule has 2 fully saturated rings. The van der Waals surface area contributed by atoms with E-state index in [-0.39, 0.29) is 0 Å². The van der Waals surface area contributed by atoms with Gasteiger partial charge in [-0.15, -0.1) is 0 Å². The van der Waals surface area contributed by atoms with Gasteiger partial charge in [0.2, 0.25) is 0 Å². The molecular weight excluding hydrogens is 254 g/mol. The molecule has 3 heteroatoms. The third-order valence-electron chi connectivity index (χ3n) is 3.71. The number of halogens is 1. The van der Waals surface area contributed by atoms with Crippen molar-refractivity contribution < 1.29 is 4.42 Å². The van der Waals surface area contributed by atoms with Crippen LogP contribution in [0.15, 0.2) is 21.2 Å². The van der Waals surface area contributed by atoms with Crippen LogP contribution in [0.25, 0.3) is 0 Å². The Morgan fingerprint density at radius 3 is 2.67 bits per heavy atom. The van der Waals surface area contributed by atoms with Gasteiger partial charge in [-0.2, -0.15) is 0 Å². The molecular formula is C12H16BrNO. The smallest absolute Gasteiger partial charge is 0.169 e. The zero-order valence-electron chi connectivity index (χ0n) is 8.76. The highest BCUT2D eigenvalue weighted by Crippen LogP contribution is 2.44. The maximum atomic E-state index is 5.72. The van der Waals surface area contributed by atoms with E-state index in [4.69, 9.17) is 4.42 Å². The molecule has 0 aliphatic heterocycles. The van der Waals surface area contributed by atoms with Crippen LogP contribution in [-0.2, 0) is 5.41 Å². The van der Waals surface area contributed by atoms with Gasteiger partial charge >= 0.3 is 0 Å². The maximum Gasteiger partial charge on any atom is 0.169 e. The summed E-state index contributed by atoms with van der Waals surface area (Å²) in [4.78, 5) is 0. The molecule has 2 aliphatic carbocycles. The van der Waals surface area contributed by atoms with Crippen molar-refractivity contribution in [3.8, 4) is 0 Å². The molecule has 0 radical (unpaired) electrons. The van der Waals surface area contributed by atoms with Crippen molar-refractivity contribution >= 4 is 15.9 Å². The summed E-state index contributed by atoms with van der Waals surface area (Å²) in [6.45, 7) is 1.09. The van der Waals surface area contributed by atoms with E-state index in [2.05, 4.69) is 27.3 Å². The minimum absolute atomic E-state index is 0.300. The van der Waals surface area contributed by atoms with Crippen LogP contribution in [0.1, 0.15) is 37.9 Å². The first-order valence-corrected chi connectivity index (χ1v) is 6.57. The zero-order chi connectivity index (χ0) is 10.3. The molecule has 0 amide bonds. The summed E-state index contributed by atoms with van der Waals surface area (Å²) in [6, 6.07) is 4.92. The van der Waals surface area contributed by atoms with Crippen molar-refractivity contribution in [3.63, 3.8) is 0 Å². The van der Waals surface area contributed by atoms with Crippen molar-refractivity contribution in [1.29, 1.82) is 0 Å². The van der Waals surface area contributed by atoms with Gasteiger partial charge in [0.1, 0.15) is 5.76 Å². The zero-order valence-corrected chi connectivity index (χ0v) is 10.3. The summed E-state index contributed by atoms with van der Waals surface area (Å²) in [6.07, 6.45) is 6.60. The predicted octanol–water partition coefficient (Wildman–Crippen LogP) is 3.22. The van der Waals surface area contributed by atoms with E-state index in [1.165, 1.54) is 32.1 Å². The number of hydrogen-bond acceptors (Lipinski definition) is 2. The van der Waals surface area contributed by atoms with Crippen molar-refractivity contribution in [2.75, 3.05) is 6.54 Å². The quantitative estimate of drug-likeness (QED) is 0.908. The lowest BCUT2D eigenvalue weighted by molar-refractivity contribution is 0.190. The molecule has 1 aromatic heterocycles. The standard InChI is InChI=1S/C12H16BrNO/c13-11-5-4-10(15-11)12(6-1-7-12)8-14-9-2-3-9/h4-5,9,14H,1-3,6-8H2. The lowest BCUT2D eigenvalue weighted by Crippen LogP contribution is -2.44. The van der Waals surface area contributed by atoms with Crippen LogP contribution in [0.5, 0.6) is 0 Å². The monoisotopic (exact) mass is 269 g/mol. The molecule has 0 saturated heterocycles. The van der Waals surface area contributed by atoms with Gasteiger partial charge < -0.3 is 9.73 Å². The van der Waals surface area contributed by atoms with E-state index in [0.717, 1.165) is 23.0 Å². The minimum atomic E-state index is 0.300. The molecule has 82 valence electrons. The third-order valence-corrected chi connectivity index (χ3v) is 4.14. The molecule has 0 spiro atoms. The summed E-state index contributed by atoms with van der Waals surface area (Å²) >= 11 is 3.38. The molecule has 1 heterocycles. The van der Waals surface area contributed by atoms with E-state index >= 15 is 0 Å². The lowest BCUT2D eigenvalue weighted by Gasteiger charge is -2.40. The average molecular weight is 270 g/mol. The van der Waals surface area contributed by atoms with Gasteiger partial charge in [0.15, 0.2) is 4.67 Å². The molecule has 0 unspecified atom stereocenters. The molecule has 15 heavy (non-hydrogen) atoms. The highest BCUT2D eigenvalue weighted by Gasteiger charge is 2.42. The van der Waals surface area contributed by atoms with Gasteiger partial charge in [0, 0.05) is 18.0 Å². The van der Waals surface area contributed by atoms with Gasteiger partial charge in [-0.25, -0.2) is 0 Å². The Labute approximate surface area is 98.6 Å². The summed E-state index contributed by atoms with van der Waals surface area (Å²) < 4.78 is 6.58. The fourth-order valence-electron chi connectivity index (χ4n) is 2.34. The van der Waals surface area contributed by atoms with Crippen LogP contribution in [-0.4, -0.2) is 12.6 Å². The van der Waals surface area contributed by atoms with Crippen molar-refractivity contribution in [1.82, 2.24) is 5.32 Å². The fourth-order valence-corrected chi connectivity index (χ4v) is 2.65. The van der Waals surface area contributed by atoms with Crippen molar-refractivity contribution in [2.45, 2.75) is 43.6 Å². The average Bonchev–Trinajstić information content (AvgIpc) is 2.88. The van der Waals surface area contributed by atoms with Gasteiger partial charge in [0.25, 0.3) is 0 Å². The van der Waals surface area contributed by atoms with Crippen LogP contribution in [0, 0.1) is 0 Å². The molecule has 0 bridgehead atoms. The SMILES string of the molecule is Brc1ccc(C2(CNC3CC3)CCC2)o1. The molecule has 0 aromatic carbocycles. The molecule has 0 atom stereocenters. The van der Waals surface area contributed by atoms with Crippen LogP contribution in [0.2, 0.25) is 0 Å². The molecule has 1 N–H and O–H groups in total. The van der Waals surface area contributed by atoms with E-state index in [1.807, 2.05) is 6.07 Å². The summed E-state index contributed by atoms with van der Waals surface area (Å²) in [5.74, 6) is 1.16. The Kier molecular flexibility index (Phi) is 2.40. The number of hydrogen-bond donors (Lipinski definition) is 1. The second kappa shape index (κ2) is 3.63. The summed E-state index contributed by atoms with van der Waals surface area (Å²) in [5, 5.41) is 3.63. The lowest BCUT2D eigenvalue weighted by atomic mass is 9.67. The molecule has 1 aromatic rings. The molecule has 2 aliphatic rings. The minimum Gasteiger partial charge on any atom is -0.454 e. The summed E-state index contributed by atoms with van der Waals surface area (Å²) in [5.41, 5.74) is 0.300. The third kappa shape index (κ3) is 1.87. The van der Waals surface area contributed by atoms with E-state index in [9.17, 15) is 0 Å². The second-order valence-corrected chi connectivity index (χ2v) is 5.67. The Bertz CT molecular complexity index is 352. The van der Waals surface area contributed by atoms with E-state index in [1.54, 1.807) is 0 Å². The van der Waals surface area contributed by atoms with Crippen molar-refractivity contribution in [3.05, 3.63) is 22.6 Å². The van der Waals surface area contributed by atoms with Crippen LogP contribution in [0.3, 0.4) is 0 Å². The second-order valence-electron chi connectivity index (χ2n) is 4.89. The Hall–Kier alpha value is -0.280. The van der Waals surface area contributed by atoms with Crippen LogP contribution in [0.4, 0.5) is 0 Å². The van der Waals surface area contributed by atoms with Gasteiger partial charge in [-0.1, -0.05) is 6.42 Å². The number of rotatable bonds is 4. The molecule has 2 nitrogen and oxygen atoms in total. The highest BCUT2D eigenvalue weighted by molar-refractivity contribution is 9.10. The summed E-state index contributed by atoms with van der Waals surface area (Å²) in [7, 11) is 0. The predicted molar refractivity (Wildman–Crippen MR) is 63.0 cm³/mol. The Balaban J connectivity index is 1.72. The van der Waals surface area contributed by atoms with Gasteiger partial charge in [0.05, 0.1) is 0 Å². The number of furan rings is 1. The normalized spacial score (nSPS) is 23.8. The first-order chi connectivity index (χ1) is 7.28.